The summed E-state index contributed by atoms with van der Waals surface area (Å²) in [5, 5.41) is 8.63. The number of ether oxygens (including phenoxy) is 1. The molecule has 2 aromatic rings. The topological polar surface area (TPSA) is 83.0 Å². The van der Waals surface area contributed by atoms with E-state index in [1.807, 2.05) is 19.2 Å². The van der Waals surface area contributed by atoms with Gasteiger partial charge in [0.05, 0.1) is 0 Å². The Morgan fingerprint density at radius 3 is 2.37 bits per heavy atom. The highest BCUT2D eigenvalue weighted by Gasteiger charge is 2.26. The van der Waals surface area contributed by atoms with Crippen molar-refractivity contribution in [3.05, 3.63) is 54.4 Å². The number of benzene rings is 1. The number of carbonyl (C=O) groups excluding carboxylic acids is 1. The van der Waals surface area contributed by atoms with Gasteiger partial charge in [0.1, 0.15) is 5.75 Å². The van der Waals surface area contributed by atoms with Gasteiger partial charge in [-0.1, -0.05) is 0 Å². The second-order valence-corrected chi connectivity index (χ2v) is 6.55. The first-order valence-corrected chi connectivity index (χ1v) is 8.91. The van der Waals surface area contributed by atoms with Gasteiger partial charge >= 0.3 is 5.97 Å². The van der Waals surface area contributed by atoms with Crippen LogP contribution in [0.1, 0.15) is 23.2 Å². The van der Waals surface area contributed by atoms with Crippen LogP contribution in [-0.4, -0.2) is 59.7 Å². The van der Waals surface area contributed by atoms with Gasteiger partial charge in [0, 0.05) is 49.8 Å². The van der Waals surface area contributed by atoms with Gasteiger partial charge in [-0.15, -0.1) is 0 Å². The fraction of sp³-hybridized carbons (Fsp3) is 0.350. The third-order valence-corrected chi connectivity index (χ3v) is 4.82. The van der Waals surface area contributed by atoms with Crippen LogP contribution in [-0.2, 0) is 4.79 Å². The van der Waals surface area contributed by atoms with Crippen LogP contribution in [0.3, 0.4) is 0 Å². The minimum absolute atomic E-state index is 0.0397. The molecular weight excluding hydrogens is 346 g/mol. The number of amides is 1. The highest BCUT2D eigenvalue weighted by molar-refractivity contribution is 5.94. The van der Waals surface area contributed by atoms with Crippen molar-refractivity contribution in [3.8, 4) is 5.75 Å². The molecule has 0 radical (unpaired) electrons. The second-order valence-electron chi connectivity index (χ2n) is 6.55. The van der Waals surface area contributed by atoms with Gasteiger partial charge in [-0.3, -0.25) is 9.78 Å². The van der Waals surface area contributed by atoms with Gasteiger partial charge in [0.15, 0.2) is 6.61 Å². The number of carboxylic acids is 1. The lowest BCUT2D eigenvalue weighted by Crippen LogP contribution is -2.45. The summed E-state index contributed by atoms with van der Waals surface area (Å²) in [6.07, 6.45) is 5.40. The number of carbonyl (C=O) groups is 2. The summed E-state index contributed by atoms with van der Waals surface area (Å²) in [4.78, 5) is 31.4. The monoisotopic (exact) mass is 369 g/mol. The molecule has 0 atom stereocenters. The maximum absolute atomic E-state index is 12.7. The molecule has 1 aliphatic heterocycles. The van der Waals surface area contributed by atoms with Crippen LogP contribution in [0.4, 0.5) is 5.69 Å². The molecule has 0 unspecified atom stereocenters. The van der Waals surface area contributed by atoms with Crippen molar-refractivity contribution in [3.63, 3.8) is 0 Å². The molecule has 1 aromatic heterocycles. The summed E-state index contributed by atoms with van der Waals surface area (Å²) in [5.41, 5.74) is 1.73. The molecule has 2 heterocycles. The molecule has 1 N–H and O–H groups in total. The van der Waals surface area contributed by atoms with Crippen LogP contribution in [0.2, 0.25) is 0 Å². The lowest BCUT2D eigenvalue weighted by molar-refractivity contribution is -0.139. The van der Waals surface area contributed by atoms with E-state index in [-0.39, 0.29) is 11.9 Å². The first kappa shape index (κ1) is 18.7. The van der Waals surface area contributed by atoms with E-state index >= 15 is 0 Å². The number of nitrogens with zero attached hydrogens (tertiary/aromatic N) is 3. The summed E-state index contributed by atoms with van der Waals surface area (Å²) in [7, 11) is 1.84. The maximum Gasteiger partial charge on any atom is 0.341 e. The van der Waals surface area contributed by atoms with E-state index in [4.69, 9.17) is 9.84 Å². The van der Waals surface area contributed by atoms with Crippen LogP contribution >= 0.6 is 0 Å². The molecule has 1 aliphatic rings. The standard InChI is InChI=1S/C20H23N3O4/c1-22(16-8-12-23(13-9-16)17-6-10-21-11-7-17)20(26)15-2-4-18(5-3-15)27-14-19(24)25/h2-7,10-11,16H,8-9,12-14H2,1H3,(H,24,25). The molecule has 7 heteroatoms. The summed E-state index contributed by atoms with van der Waals surface area (Å²) in [5.74, 6) is -0.641. The van der Waals surface area contributed by atoms with Crippen LogP contribution < -0.4 is 9.64 Å². The SMILES string of the molecule is CN(C(=O)c1ccc(OCC(=O)O)cc1)C1CCN(c2ccncc2)CC1. The Morgan fingerprint density at radius 1 is 1.15 bits per heavy atom. The number of anilines is 1. The van der Waals surface area contributed by atoms with E-state index in [1.54, 1.807) is 41.6 Å². The fourth-order valence-electron chi connectivity index (χ4n) is 3.27. The molecular formula is C20H23N3O4. The Morgan fingerprint density at radius 2 is 1.78 bits per heavy atom. The third-order valence-electron chi connectivity index (χ3n) is 4.82. The van der Waals surface area contributed by atoms with Crippen molar-refractivity contribution in [1.82, 2.24) is 9.88 Å². The number of carboxylic acid groups (broad SMARTS) is 1. The number of aliphatic carboxylic acids is 1. The zero-order valence-corrected chi connectivity index (χ0v) is 15.2. The molecule has 0 aliphatic carbocycles. The first-order chi connectivity index (χ1) is 13.0. The minimum atomic E-state index is -1.03. The average molecular weight is 369 g/mol. The van der Waals surface area contributed by atoms with Crippen molar-refractivity contribution < 1.29 is 19.4 Å². The van der Waals surface area contributed by atoms with Crippen molar-refractivity contribution in [2.24, 2.45) is 0 Å². The van der Waals surface area contributed by atoms with Crippen molar-refractivity contribution in [1.29, 1.82) is 0 Å². The normalized spacial score (nSPS) is 14.6. The smallest absolute Gasteiger partial charge is 0.341 e. The van der Waals surface area contributed by atoms with Gasteiger partial charge in [0.25, 0.3) is 5.91 Å². The van der Waals surface area contributed by atoms with E-state index in [0.717, 1.165) is 31.6 Å². The number of piperidine rings is 1. The molecule has 1 aromatic carbocycles. The molecule has 0 spiro atoms. The number of rotatable bonds is 6. The lowest BCUT2D eigenvalue weighted by atomic mass is 10.0. The molecule has 3 rings (SSSR count). The van der Waals surface area contributed by atoms with Crippen LogP contribution in [0.25, 0.3) is 0 Å². The molecule has 142 valence electrons. The van der Waals surface area contributed by atoms with Crippen LogP contribution in [0.15, 0.2) is 48.8 Å². The van der Waals surface area contributed by atoms with Crippen LogP contribution in [0, 0.1) is 0 Å². The molecule has 7 nitrogen and oxygen atoms in total. The van der Waals surface area contributed by atoms with Crippen molar-refractivity contribution in [2.75, 3.05) is 31.6 Å². The second kappa shape index (κ2) is 8.53. The summed E-state index contributed by atoms with van der Waals surface area (Å²) >= 11 is 0. The lowest BCUT2D eigenvalue weighted by Gasteiger charge is -2.37. The van der Waals surface area contributed by atoms with Crippen molar-refractivity contribution >= 4 is 17.6 Å². The molecule has 1 amide bonds. The van der Waals surface area contributed by atoms with Gasteiger partial charge in [-0.05, 0) is 49.2 Å². The highest BCUT2D eigenvalue weighted by Crippen LogP contribution is 2.23. The molecule has 27 heavy (non-hydrogen) atoms. The number of hydrogen-bond donors (Lipinski definition) is 1. The van der Waals surface area contributed by atoms with Gasteiger partial charge in [-0.2, -0.15) is 0 Å². The zero-order chi connectivity index (χ0) is 19.2. The number of pyridine rings is 1. The Kier molecular flexibility index (Phi) is 5.90. The summed E-state index contributed by atoms with van der Waals surface area (Å²) in [6, 6.07) is 10.8. The van der Waals surface area contributed by atoms with Crippen LogP contribution in [0.5, 0.6) is 5.75 Å². The maximum atomic E-state index is 12.7. The average Bonchev–Trinajstić information content (AvgIpc) is 2.72. The molecule has 1 fully saturated rings. The van der Waals surface area contributed by atoms with E-state index in [2.05, 4.69) is 9.88 Å². The molecule has 1 saturated heterocycles. The van der Waals surface area contributed by atoms with E-state index in [9.17, 15) is 9.59 Å². The molecule has 0 bridgehead atoms. The Hall–Kier alpha value is -3.09. The van der Waals surface area contributed by atoms with Gasteiger partial charge < -0.3 is 19.6 Å². The summed E-state index contributed by atoms with van der Waals surface area (Å²) < 4.78 is 5.10. The van der Waals surface area contributed by atoms with Crippen molar-refractivity contribution in [2.45, 2.75) is 18.9 Å². The molecule has 0 saturated carbocycles. The quantitative estimate of drug-likeness (QED) is 0.841. The predicted octanol–water partition coefficient (Wildman–Crippen LogP) is 2.29. The predicted molar refractivity (Wildman–Crippen MR) is 101 cm³/mol. The minimum Gasteiger partial charge on any atom is -0.482 e. The van der Waals surface area contributed by atoms with E-state index in [1.165, 1.54) is 0 Å². The van der Waals surface area contributed by atoms with E-state index < -0.39 is 12.6 Å². The third kappa shape index (κ3) is 4.75. The largest absolute Gasteiger partial charge is 0.482 e. The number of aromatic nitrogens is 1. The Bertz CT molecular complexity index is 772. The Balaban J connectivity index is 1.55. The van der Waals surface area contributed by atoms with Gasteiger partial charge in [0.2, 0.25) is 0 Å². The Labute approximate surface area is 158 Å². The first-order valence-electron chi connectivity index (χ1n) is 8.91. The number of hydrogen-bond acceptors (Lipinski definition) is 5. The van der Waals surface area contributed by atoms with E-state index in [0.29, 0.717) is 11.3 Å². The summed E-state index contributed by atoms with van der Waals surface area (Å²) in [6.45, 7) is 1.39. The highest BCUT2D eigenvalue weighted by atomic mass is 16.5. The fourth-order valence-corrected chi connectivity index (χ4v) is 3.27. The zero-order valence-electron chi connectivity index (χ0n) is 15.2. The van der Waals surface area contributed by atoms with Gasteiger partial charge in [-0.25, -0.2) is 4.79 Å².